The smallest absolute Gasteiger partial charge is 0.294 e. The summed E-state index contributed by atoms with van der Waals surface area (Å²) in [4.78, 5) is 27.0. The van der Waals surface area contributed by atoms with Gasteiger partial charge in [0.25, 0.3) is 5.69 Å². The van der Waals surface area contributed by atoms with Crippen LogP contribution in [0.4, 0.5) is 23.0 Å². The number of ether oxygens (including phenoxy) is 1. The van der Waals surface area contributed by atoms with E-state index in [9.17, 15) is 10.1 Å². The molecule has 204 valence electrons. The number of methoxy groups -OCH3 is 1. The number of rotatable bonds is 9. The maximum absolute atomic E-state index is 12.0. The van der Waals surface area contributed by atoms with E-state index in [2.05, 4.69) is 32.2 Å². The molecule has 0 bridgehead atoms. The molecule has 0 amide bonds. The van der Waals surface area contributed by atoms with Crippen molar-refractivity contribution >= 4 is 40.1 Å². The number of hydrogen-bond acceptors (Lipinski definition) is 10. The summed E-state index contributed by atoms with van der Waals surface area (Å²) in [5.41, 5.74) is 2.87. The van der Waals surface area contributed by atoms with E-state index in [1.54, 1.807) is 28.7 Å². The highest BCUT2D eigenvalue weighted by Gasteiger charge is 2.24. The number of aromatic nitrogens is 4. The van der Waals surface area contributed by atoms with Gasteiger partial charge in [0.2, 0.25) is 5.95 Å². The monoisotopic (exact) mass is 551 g/mol. The summed E-state index contributed by atoms with van der Waals surface area (Å²) in [6, 6.07) is 8.84. The number of anilines is 3. The first-order chi connectivity index (χ1) is 18.9. The van der Waals surface area contributed by atoms with Gasteiger partial charge in [0, 0.05) is 70.2 Å². The maximum Gasteiger partial charge on any atom is 0.294 e. The van der Waals surface area contributed by atoms with E-state index >= 15 is 0 Å². The summed E-state index contributed by atoms with van der Waals surface area (Å²) in [6.45, 7) is 5.35. The van der Waals surface area contributed by atoms with Crippen LogP contribution in [0.2, 0.25) is 5.02 Å². The van der Waals surface area contributed by atoms with Gasteiger partial charge in [0.15, 0.2) is 0 Å². The van der Waals surface area contributed by atoms with Gasteiger partial charge in [-0.15, -0.1) is 0 Å². The molecule has 4 heterocycles. The van der Waals surface area contributed by atoms with Crippen LogP contribution >= 0.6 is 11.6 Å². The molecule has 0 unspecified atom stereocenters. The van der Waals surface area contributed by atoms with Gasteiger partial charge in [-0.2, -0.15) is 5.10 Å². The van der Waals surface area contributed by atoms with E-state index in [4.69, 9.17) is 21.3 Å². The Bertz CT molecular complexity index is 1490. The molecule has 1 fully saturated rings. The van der Waals surface area contributed by atoms with E-state index in [0.717, 1.165) is 43.8 Å². The number of likely N-dealkylation sites (N-methyl/N-ethyl adjacent to an activating group) is 1. The van der Waals surface area contributed by atoms with Gasteiger partial charge in [0.05, 0.1) is 46.3 Å². The Kier molecular flexibility index (Phi) is 7.77. The van der Waals surface area contributed by atoms with Crippen molar-refractivity contribution in [2.75, 3.05) is 70.7 Å². The fraction of sp³-hybridized carbons (Fsp3) is 0.346. The zero-order valence-corrected chi connectivity index (χ0v) is 22.8. The Labute approximate surface area is 230 Å². The largest absolute Gasteiger partial charge is 0.494 e. The molecule has 39 heavy (non-hydrogen) atoms. The number of nitrogens with one attached hydrogen (secondary N) is 1. The van der Waals surface area contributed by atoms with Crippen LogP contribution in [0.1, 0.15) is 0 Å². The summed E-state index contributed by atoms with van der Waals surface area (Å²) in [7, 11) is 5.37. The van der Waals surface area contributed by atoms with Crippen molar-refractivity contribution in [3.63, 3.8) is 0 Å². The number of benzene rings is 1. The number of pyridine rings is 1. The first-order valence-electron chi connectivity index (χ1n) is 12.6. The van der Waals surface area contributed by atoms with Gasteiger partial charge < -0.3 is 19.9 Å². The summed E-state index contributed by atoms with van der Waals surface area (Å²) < 4.78 is 7.38. The van der Waals surface area contributed by atoms with E-state index < -0.39 is 4.92 Å². The highest BCUT2D eigenvalue weighted by Crippen LogP contribution is 2.40. The van der Waals surface area contributed by atoms with Crippen molar-refractivity contribution < 1.29 is 9.66 Å². The topological polar surface area (TPSA) is 117 Å². The van der Waals surface area contributed by atoms with Gasteiger partial charge in [-0.1, -0.05) is 17.7 Å². The summed E-state index contributed by atoms with van der Waals surface area (Å²) in [6.07, 6.45) is 5.05. The third kappa shape index (κ3) is 5.58. The van der Waals surface area contributed by atoms with Crippen LogP contribution in [-0.2, 0) is 0 Å². The third-order valence-electron chi connectivity index (χ3n) is 6.91. The fourth-order valence-corrected chi connectivity index (χ4v) is 4.82. The molecule has 0 saturated carbocycles. The maximum atomic E-state index is 12.0. The molecular formula is C26H30ClN9O3. The van der Waals surface area contributed by atoms with Gasteiger partial charge >= 0.3 is 0 Å². The molecule has 1 aliphatic heterocycles. The average Bonchev–Trinajstić information content (AvgIpc) is 3.37. The minimum absolute atomic E-state index is 0.0622. The first kappa shape index (κ1) is 26.6. The molecule has 1 saturated heterocycles. The van der Waals surface area contributed by atoms with Crippen LogP contribution in [0.15, 0.2) is 48.9 Å². The predicted octanol–water partition coefficient (Wildman–Crippen LogP) is 3.79. The van der Waals surface area contributed by atoms with Gasteiger partial charge in [-0.05, 0) is 19.2 Å². The molecule has 4 aromatic rings. The number of nitro groups is 1. The van der Waals surface area contributed by atoms with Crippen LogP contribution in [-0.4, -0.2) is 94.8 Å². The summed E-state index contributed by atoms with van der Waals surface area (Å²) >= 11 is 6.49. The lowest BCUT2D eigenvalue weighted by atomic mass is 10.2. The lowest BCUT2D eigenvalue weighted by molar-refractivity contribution is -0.383. The van der Waals surface area contributed by atoms with E-state index in [1.165, 1.54) is 19.4 Å². The van der Waals surface area contributed by atoms with Crippen molar-refractivity contribution in [2.24, 2.45) is 0 Å². The number of nitrogens with zero attached hydrogens (tertiary/aromatic N) is 8. The SMILES string of the molecule is COc1cc(NCCN2CCN(C)CC2)c([N+](=O)[O-])cc1N(C)c1ncc(Cl)c(-c2cnn3ccccc23)n1. The summed E-state index contributed by atoms with van der Waals surface area (Å²) in [5, 5.41) is 20.0. The molecule has 13 heteroatoms. The Morgan fingerprint density at radius 2 is 2.00 bits per heavy atom. The van der Waals surface area contributed by atoms with E-state index in [-0.39, 0.29) is 5.69 Å². The second-order valence-corrected chi connectivity index (χ2v) is 9.79. The first-order valence-corrected chi connectivity index (χ1v) is 12.9. The molecule has 1 N–H and O–H groups in total. The second kappa shape index (κ2) is 11.4. The minimum atomic E-state index is -0.401. The van der Waals surface area contributed by atoms with Gasteiger partial charge in [-0.25, -0.2) is 14.5 Å². The highest BCUT2D eigenvalue weighted by molar-refractivity contribution is 6.33. The molecule has 0 radical (unpaired) electrons. The van der Waals surface area contributed by atoms with Crippen molar-refractivity contribution in [2.45, 2.75) is 0 Å². The number of nitro benzene ring substituents is 1. The van der Waals surface area contributed by atoms with Crippen LogP contribution in [0.25, 0.3) is 16.8 Å². The average molecular weight is 552 g/mol. The quantitative estimate of drug-likeness (QED) is 0.243. The zero-order valence-electron chi connectivity index (χ0n) is 22.0. The molecule has 0 aliphatic carbocycles. The Morgan fingerprint density at radius 1 is 1.21 bits per heavy atom. The number of fused-ring (bicyclic) bond motifs is 1. The fourth-order valence-electron chi connectivity index (χ4n) is 4.63. The lowest BCUT2D eigenvalue weighted by Crippen LogP contribution is -2.45. The molecule has 0 atom stereocenters. The van der Waals surface area contributed by atoms with Gasteiger partial charge in [-0.3, -0.25) is 15.0 Å². The number of halogens is 1. The lowest BCUT2D eigenvalue weighted by Gasteiger charge is -2.32. The molecule has 1 aliphatic rings. The molecule has 3 aromatic heterocycles. The van der Waals surface area contributed by atoms with E-state index in [1.807, 2.05) is 24.4 Å². The highest BCUT2D eigenvalue weighted by atomic mass is 35.5. The Balaban J connectivity index is 1.42. The van der Waals surface area contributed by atoms with Gasteiger partial charge in [0.1, 0.15) is 11.4 Å². The minimum Gasteiger partial charge on any atom is -0.494 e. The van der Waals surface area contributed by atoms with Crippen LogP contribution in [0, 0.1) is 10.1 Å². The molecule has 0 spiro atoms. The van der Waals surface area contributed by atoms with Crippen molar-refractivity contribution in [3.8, 4) is 17.0 Å². The Morgan fingerprint density at radius 3 is 2.74 bits per heavy atom. The second-order valence-electron chi connectivity index (χ2n) is 9.38. The van der Waals surface area contributed by atoms with E-state index in [0.29, 0.717) is 40.3 Å². The standard InChI is InChI=1S/C26H30ClN9O3/c1-32-10-12-34(13-11-32)9-7-28-20-14-24(39-3)23(15-22(20)36(37)38)33(2)26-29-17-19(27)25(31-26)18-16-30-35-8-5-4-6-21(18)35/h4-6,8,14-17,28H,7,9-13H2,1-3H3. The summed E-state index contributed by atoms with van der Waals surface area (Å²) in [5.74, 6) is 0.745. The number of piperazine rings is 1. The normalized spacial score (nSPS) is 14.5. The van der Waals surface area contributed by atoms with Crippen molar-refractivity contribution in [1.29, 1.82) is 0 Å². The molecular weight excluding hydrogens is 522 g/mol. The number of hydrogen-bond donors (Lipinski definition) is 1. The van der Waals surface area contributed by atoms with Crippen LogP contribution in [0.3, 0.4) is 0 Å². The van der Waals surface area contributed by atoms with Crippen LogP contribution in [0.5, 0.6) is 5.75 Å². The zero-order chi connectivity index (χ0) is 27.5. The van der Waals surface area contributed by atoms with Crippen molar-refractivity contribution in [1.82, 2.24) is 29.4 Å². The Hall–Kier alpha value is -4.00. The molecule has 1 aromatic carbocycles. The molecule has 5 rings (SSSR count). The predicted molar refractivity (Wildman–Crippen MR) is 151 cm³/mol. The van der Waals surface area contributed by atoms with Crippen molar-refractivity contribution in [3.05, 3.63) is 64.1 Å². The molecule has 12 nitrogen and oxygen atoms in total. The van der Waals surface area contributed by atoms with Crippen LogP contribution < -0.4 is 15.0 Å². The third-order valence-corrected chi connectivity index (χ3v) is 7.18.